The molecule has 19 heavy (non-hydrogen) atoms. The maximum absolute atomic E-state index is 12.8. The van der Waals surface area contributed by atoms with E-state index in [2.05, 4.69) is 10.3 Å². The second-order valence-corrected chi connectivity index (χ2v) is 4.48. The van der Waals surface area contributed by atoms with Crippen LogP contribution in [0.5, 0.6) is 0 Å². The fraction of sp³-hybridized carbons (Fsp3) is 0.267. The zero-order valence-electron chi connectivity index (χ0n) is 10.8. The molecule has 0 saturated carbocycles. The van der Waals surface area contributed by atoms with Crippen LogP contribution in [0.1, 0.15) is 30.2 Å². The van der Waals surface area contributed by atoms with Gasteiger partial charge in [0.05, 0.1) is 6.10 Å². The van der Waals surface area contributed by atoms with Crippen molar-refractivity contribution in [3.63, 3.8) is 0 Å². The van der Waals surface area contributed by atoms with Gasteiger partial charge in [-0.05, 0) is 36.2 Å². The zero-order valence-corrected chi connectivity index (χ0v) is 10.8. The van der Waals surface area contributed by atoms with Crippen LogP contribution in [-0.2, 0) is 0 Å². The van der Waals surface area contributed by atoms with E-state index in [-0.39, 0.29) is 11.9 Å². The quantitative estimate of drug-likeness (QED) is 0.868. The summed E-state index contributed by atoms with van der Waals surface area (Å²) in [5, 5.41) is 13.2. The number of pyridine rings is 1. The predicted molar refractivity (Wildman–Crippen MR) is 72.0 cm³/mol. The normalized spacial score (nSPS) is 14.1. The van der Waals surface area contributed by atoms with Gasteiger partial charge in [-0.15, -0.1) is 0 Å². The Hall–Kier alpha value is -1.78. The lowest BCUT2D eigenvalue weighted by Crippen LogP contribution is -2.24. The molecule has 0 amide bonds. The van der Waals surface area contributed by atoms with E-state index in [9.17, 15) is 9.50 Å². The average Bonchev–Trinajstić information content (AvgIpc) is 2.46. The maximum atomic E-state index is 12.8. The number of nitrogens with one attached hydrogen (secondary N) is 1. The number of rotatable bonds is 5. The molecule has 1 aromatic carbocycles. The molecule has 1 heterocycles. The molecule has 4 heteroatoms. The van der Waals surface area contributed by atoms with Crippen molar-refractivity contribution in [1.29, 1.82) is 0 Å². The van der Waals surface area contributed by atoms with E-state index in [0.29, 0.717) is 12.1 Å². The van der Waals surface area contributed by atoms with Gasteiger partial charge < -0.3 is 10.4 Å². The van der Waals surface area contributed by atoms with Crippen molar-refractivity contribution in [3.8, 4) is 0 Å². The Morgan fingerprint density at radius 1 is 1.21 bits per heavy atom. The highest BCUT2D eigenvalue weighted by Gasteiger charge is 2.10. The standard InChI is InChI=1S/C15H17FN2O/c1-11(13-3-2-8-17-9-13)18-10-15(19)12-4-6-14(16)7-5-12/h2-9,11,15,18-19H,10H2,1H3/t11-,15?/m0/s1. The molecule has 100 valence electrons. The predicted octanol–water partition coefficient (Wildman–Crippen LogP) is 2.60. The van der Waals surface area contributed by atoms with Crippen LogP contribution >= 0.6 is 0 Å². The van der Waals surface area contributed by atoms with Crippen LogP contribution in [0.3, 0.4) is 0 Å². The Labute approximate surface area is 112 Å². The van der Waals surface area contributed by atoms with E-state index < -0.39 is 6.10 Å². The molecule has 2 rings (SSSR count). The summed E-state index contributed by atoms with van der Waals surface area (Å²) in [7, 11) is 0. The first-order valence-electron chi connectivity index (χ1n) is 6.23. The number of halogens is 1. The minimum atomic E-state index is -0.653. The molecular weight excluding hydrogens is 243 g/mol. The topological polar surface area (TPSA) is 45.1 Å². The molecule has 0 bridgehead atoms. The molecule has 0 aliphatic heterocycles. The van der Waals surface area contributed by atoms with Gasteiger partial charge in [0.25, 0.3) is 0 Å². The van der Waals surface area contributed by atoms with Crippen LogP contribution < -0.4 is 5.32 Å². The van der Waals surface area contributed by atoms with Gasteiger partial charge in [0.2, 0.25) is 0 Å². The van der Waals surface area contributed by atoms with Crippen molar-refractivity contribution in [2.75, 3.05) is 6.54 Å². The van der Waals surface area contributed by atoms with E-state index in [1.165, 1.54) is 12.1 Å². The SMILES string of the molecule is C[C@H](NCC(O)c1ccc(F)cc1)c1cccnc1. The number of aliphatic hydroxyl groups excluding tert-OH is 1. The Bertz CT molecular complexity index is 501. The van der Waals surface area contributed by atoms with E-state index in [0.717, 1.165) is 5.56 Å². The number of nitrogens with zero attached hydrogens (tertiary/aromatic N) is 1. The van der Waals surface area contributed by atoms with E-state index in [1.54, 1.807) is 24.5 Å². The van der Waals surface area contributed by atoms with Gasteiger partial charge in [0.1, 0.15) is 5.82 Å². The number of hydrogen-bond acceptors (Lipinski definition) is 3. The molecule has 2 aromatic rings. The van der Waals surface area contributed by atoms with E-state index in [1.807, 2.05) is 19.1 Å². The third-order valence-electron chi connectivity index (χ3n) is 3.06. The average molecular weight is 260 g/mol. The summed E-state index contributed by atoms with van der Waals surface area (Å²) < 4.78 is 12.8. The highest BCUT2D eigenvalue weighted by Crippen LogP contribution is 2.15. The second kappa shape index (κ2) is 6.41. The van der Waals surface area contributed by atoms with Crippen LogP contribution in [0.15, 0.2) is 48.8 Å². The van der Waals surface area contributed by atoms with Gasteiger partial charge in [0, 0.05) is 25.0 Å². The van der Waals surface area contributed by atoms with Crippen molar-refractivity contribution < 1.29 is 9.50 Å². The van der Waals surface area contributed by atoms with Crippen LogP contribution in [-0.4, -0.2) is 16.6 Å². The molecule has 2 N–H and O–H groups in total. The monoisotopic (exact) mass is 260 g/mol. The molecule has 1 aromatic heterocycles. The van der Waals surface area contributed by atoms with Gasteiger partial charge in [0.15, 0.2) is 0 Å². The van der Waals surface area contributed by atoms with Gasteiger partial charge >= 0.3 is 0 Å². The molecule has 0 radical (unpaired) electrons. The van der Waals surface area contributed by atoms with E-state index in [4.69, 9.17) is 0 Å². The fourth-order valence-corrected chi connectivity index (χ4v) is 1.84. The summed E-state index contributed by atoms with van der Waals surface area (Å²) in [6.45, 7) is 2.41. The minimum Gasteiger partial charge on any atom is -0.387 e. The summed E-state index contributed by atoms with van der Waals surface area (Å²) in [6, 6.07) is 9.85. The Kier molecular flexibility index (Phi) is 4.60. The van der Waals surface area contributed by atoms with Crippen LogP contribution in [0.4, 0.5) is 4.39 Å². The van der Waals surface area contributed by atoms with E-state index >= 15 is 0 Å². The zero-order chi connectivity index (χ0) is 13.7. The molecule has 0 spiro atoms. The summed E-state index contributed by atoms with van der Waals surface area (Å²) in [5.41, 5.74) is 1.76. The molecule has 1 unspecified atom stereocenters. The van der Waals surface area contributed by atoms with Crippen molar-refractivity contribution in [3.05, 3.63) is 65.7 Å². The fourth-order valence-electron chi connectivity index (χ4n) is 1.84. The highest BCUT2D eigenvalue weighted by molar-refractivity contribution is 5.19. The van der Waals surface area contributed by atoms with Crippen molar-refractivity contribution in [2.45, 2.75) is 19.1 Å². The van der Waals surface area contributed by atoms with Crippen molar-refractivity contribution in [2.24, 2.45) is 0 Å². The highest BCUT2D eigenvalue weighted by atomic mass is 19.1. The molecule has 0 aliphatic rings. The lowest BCUT2D eigenvalue weighted by molar-refractivity contribution is 0.170. The Morgan fingerprint density at radius 2 is 1.95 bits per heavy atom. The Balaban J connectivity index is 1.90. The largest absolute Gasteiger partial charge is 0.387 e. The summed E-state index contributed by atoms with van der Waals surface area (Å²) in [6.07, 6.45) is 2.87. The van der Waals surface area contributed by atoms with Gasteiger partial charge in [-0.1, -0.05) is 18.2 Å². The summed E-state index contributed by atoms with van der Waals surface area (Å²) >= 11 is 0. The lowest BCUT2D eigenvalue weighted by atomic mass is 10.1. The van der Waals surface area contributed by atoms with Gasteiger partial charge in [-0.25, -0.2) is 4.39 Å². The maximum Gasteiger partial charge on any atom is 0.123 e. The minimum absolute atomic E-state index is 0.101. The number of aromatic nitrogens is 1. The first-order valence-corrected chi connectivity index (χ1v) is 6.23. The van der Waals surface area contributed by atoms with Gasteiger partial charge in [-0.2, -0.15) is 0 Å². The lowest BCUT2D eigenvalue weighted by Gasteiger charge is -2.17. The van der Waals surface area contributed by atoms with Crippen molar-refractivity contribution in [1.82, 2.24) is 10.3 Å². The summed E-state index contributed by atoms with van der Waals surface area (Å²) in [5.74, 6) is -0.298. The smallest absolute Gasteiger partial charge is 0.123 e. The number of hydrogen-bond donors (Lipinski definition) is 2. The summed E-state index contributed by atoms with van der Waals surface area (Å²) in [4.78, 5) is 4.06. The number of benzene rings is 1. The molecule has 0 fully saturated rings. The second-order valence-electron chi connectivity index (χ2n) is 4.48. The Morgan fingerprint density at radius 3 is 2.58 bits per heavy atom. The molecule has 3 nitrogen and oxygen atoms in total. The molecule has 0 saturated heterocycles. The van der Waals surface area contributed by atoms with Crippen LogP contribution in [0, 0.1) is 5.82 Å². The third kappa shape index (κ3) is 3.84. The van der Waals surface area contributed by atoms with Crippen molar-refractivity contribution >= 4 is 0 Å². The van der Waals surface area contributed by atoms with Gasteiger partial charge in [-0.3, -0.25) is 4.98 Å². The van der Waals surface area contributed by atoms with Crippen LogP contribution in [0.25, 0.3) is 0 Å². The molecular formula is C15H17FN2O. The van der Waals surface area contributed by atoms with Crippen LogP contribution in [0.2, 0.25) is 0 Å². The first-order chi connectivity index (χ1) is 9.16. The third-order valence-corrected chi connectivity index (χ3v) is 3.06. The molecule has 0 aliphatic carbocycles. The first kappa shape index (κ1) is 13.6. The molecule has 2 atom stereocenters. The number of aliphatic hydroxyl groups is 1.